The topological polar surface area (TPSA) is 55.4 Å². The second-order valence-electron chi connectivity index (χ2n) is 6.20. The number of para-hydroxylation sites is 1. The maximum atomic E-state index is 12.3. The number of benzene rings is 1. The summed E-state index contributed by atoms with van der Waals surface area (Å²) in [5.74, 6) is 1.58. The first-order chi connectivity index (χ1) is 11.1. The molecule has 1 aromatic carbocycles. The molecule has 0 heterocycles. The van der Waals surface area contributed by atoms with E-state index in [9.17, 15) is 9.00 Å². The van der Waals surface area contributed by atoms with E-state index in [-0.39, 0.29) is 17.7 Å². The Balaban J connectivity index is 1.85. The van der Waals surface area contributed by atoms with Gasteiger partial charge in [-0.05, 0) is 31.7 Å². The van der Waals surface area contributed by atoms with Gasteiger partial charge in [0.25, 0.3) is 0 Å². The molecule has 128 valence electrons. The number of amides is 1. The molecule has 2 rings (SSSR count). The lowest BCUT2D eigenvalue weighted by Gasteiger charge is -2.29. The normalized spacial score (nSPS) is 22.3. The van der Waals surface area contributed by atoms with Gasteiger partial charge in [0.05, 0.1) is 12.4 Å². The van der Waals surface area contributed by atoms with Crippen LogP contribution in [0.2, 0.25) is 0 Å². The van der Waals surface area contributed by atoms with Crippen LogP contribution in [0.25, 0.3) is 0 Å². The lowest BCUT2D eigenvalue weighted by atomic mass is 9.86. The maximum absolute atomic E-state index is 12.3. The molecule has 23 heavy (non-hydrogen) atoms. The van der Waals surface area contributed by atoms with Crippen LogP contribution in [0.4, 0.5) is 0 Å². The number of carbonyl (C=O) groups excluding carboxylic acids is 1. The van der Waals surface area contributed by atoms with E-state index in [0.717, 1.165) is 24.2 Å². The molecule has 1 amide bonds. The van der Waals surface area contributed by atoms with Crippen molar-refractivity contribution in [2.24, 2.45) is 5.92 Å². The van der Waals surface area contributed by atoms with Crippen LogP contribution in [0.1, 0.15) is 45.1 Å². The number of nitrogens with one attached hydrogen (secondary N) is 1. The van der Waals surface area contributed by atoms with Crippen molar-refractivity contribution in [1.82, 2.24) is 5.32 Å². The molecule has 0 radical (unpaired) electrons. The zero-order valence-electron chi connectivity index (χ0n) is 14.0. The Morgan fingerprint density at radius 3 is 2.78 bits per heavy atom. The molecule has 1 aliphatic carbocycles. The molecule has 1 aromatic rings. The molecule has 0 spiro atoms. The van der Waals surface area contributed by atoms with Crippen LogP contribution in [0, 0.1) is 5.92 Å². The Kier molecular flexibility index (Phi) is 7.09. The molecule has 3 atom stereocenters. The van der Waals surface area contributed by atoms with Gasteiger partial charge in [-0.15, -0.1) is 0 Å². The summed E-state index contributed by atoms with van der Waals surface area (Å²) in [6.45, 7) is 4.68. The minimum absolute atomic E-state index is 0.0592. The summed E-state index contributed by atoms with van der Waals surface area (Å²) >= 11 is 0. The van der Waals surface area contributed by atoms with Crippen LogP contribution < -0.4 is 10.1 Å². The summed E-state index contributed by atoms with van der Waals surface area (Å²) in [6, 6.07) is 7.82. The van der Waals surface area contributed by atoms with Crippen molar-refractivity contribution < 1.29 is 13.7 Å². The number of ether oxygens (including phenoxy) is 1. The third kappa shape index (κ3) is 5.65. The Morgan fingerprint density at radius 1 is 1.30 bits per heavy atom. The summed E-state index contributed by atoms with van der Waals surface area (Å²) in [4.78, 5) is 12.1. The largest absolute Gasteiger partial charge is 0.494 e. The van der Waals surface area contributed by atoms with Gasteiger partial charge in [-0.25, -0.2) is 0 Å². The fraction of sp³-hybridized carbons (Fsp3) is 0.611. The van der Waals surface area contributed by atoms with E-state index < -0.39 is 10.8 Å². The molecule has 0 saturated heterocycles. The minimum Gasteiger partial charge on any atom is -0.494 e. The average Bonchev–Trinajstić information content (AvgIpc) is 2.51. The highest BCUT2D eigenvalue weighted by Gasteiger charge is 2.23. The lowest BCUT2D eigenvalue weighted by Crippen LogP contribution is -2.42. The van der Waals surface area contributed by atoms with E-state index in [2.05, 4.69) is 12.2 Å². The highest BCUT2D eigenvalue weighted by molar-refractivity contribution is 7.84. The van der Waals surface area contributed by atoms with Crippen molar-refractivity contribution >= 4 is 16.7 Å². The predicted octanol–water partition coefficient (Wildman–Crippen LogP) is 3.03. The summed E-state index contributed by atoms with van der Waals surface area (Å²) in [7, 11) is -1.22. The van der Waals surface area contributed by atoms with Gasteiger partial charge in [0.1, 0.15) is 11.5 Å². The lowest BCUT2D eigenvalue weighted by molar-refractivity contribution is -0.119. The zero-order chi connectivity index (χ0) is 16.7. The third-order valence-electron chi connectivity index (χ3n) is 4.34. The molecule has 5 heteroatoms. The van der Waals surface area contributed by atoms with Crippen molar-refractivity contribution in [3.63, 3.8) is 0 Å². The van der Waals surface area contributed by atoms with Crippen LogP contribution in [0.15, 0.2) is 24.3 Å². The van der Waals surface area contributed by atoms with E-state index in [1.807, 2.05) is 31.2 Å². The smallest absolute Gasteiger partial charge is 0.232 e. The van der Waals surface area contributed by atoms with Crippen LogP contribution in [-0.2, 0) is 21.3 Å². The second kappa shape index (κ2) is 9.06. The van der Waals surface area contributed by atoms with Crippen LogP contribution in [-0.4, -0.2) is 28.5 Å². The highest BCUT2D eigenvalue weighted by Crippen LogP contribution is 2.24. The Bertz CT molecular complexity index is 547. The van der Waals surface area contributed by atoms with Gasteiger partial charge in [0.15, 0.2) is 0 Å². The van der Waals surface area contributed by atoms with Crippen molar-refractivity contribution in [1.29, 1.82) is 0 Å². The van der Waals surface area contributed by atoms with Gasteiger partial charge in [0, 0.05) is 22.4 Å². The molecule has 0 aliphatic heterocycles. The highest BCUT2D eigenvalue weighted by atomic mass is 32.2. The number of rotatable bonds is 7. The Labute approximate surface area is 141 Å². The monoisotopic (exact) mass is 337 g/mol. The quantitative estimate of drug-likeness (QED) is 0.832. The van der Waals surface area contributed by atoms with Crippen molar-refractivity contribution in [3.05, 3.63) is 29.8 Å². The first-order valence-electron chi connectivity index (χ1n) is 8.45. The molecular weight excluding hydrogens is 310 g/mol. The van der Waals surface area contributed by atoms with E-state index >= 15 is 0 Å². The fourth-order valence-corrected chi connectivity index (χ4v) is 4.13. The van der Waals surface area contributed by atoms with E-state index in [0.29, 0.717) is 18.3 Å². The predicted molar refractivity (Wildman–Crippen MR) is 93.9 cm³/mol. The summed E-state index contributed by atoms with van der Waals surface area (Å²) in [5.41, 5.74) is 0.895. The molecule has 1 N–H and O–H groups in total. The molecule has 0 unspecified atom stereocenters. The summed E-state index contributed by atoms with van der Waals surface area (Å²) in [5, 5.41) is 3.06. The van der Waals surface area contributed by atoms with Crippen molar-refractivity contribution in [2.75, 3.05) is 12.4 Å². The van der Waals surface area contributed by atoms with E-state index in [1.165, 1.54) is 12.8 Å². The van der Waals surface area contributed by atoms with Crippen LogP contribution >= 0.6 is 0 Å². The number of carbonyl (C=O) groups is 1. The maximum Gasteiger partial charge on any atom is 0.232 e. The van der Waals surface area contributed by atoms with E-state index in [1.54, 1.807) is 0 Å². The first-order valence-corrected chi connectivity index (χ1v) is 9.94. The van der Waals surface area contributed by atoms with Crippen LogP contribution in [0.5, 0.6) is 5.75 Å². The number of hydrogen-bond donors (Lipinski definition) is 1. The summed E-state index contributed by atoms with van der Waals surface area (Å²) in [6.07, 6.45) is 4.61. The van der Waals surface area contributed by atoms with Gasteiger partial charge < -0.3 is 10.1 Å². The first kappa shape index (κ1) is 18.0. The molecule has 0 bridgehead atoms. The van der Waals surface area contributed by atoms with Gasteiger partial charge >= 0.3 is 0 Å². The molecule has 1 fully saturated rings. The fourth-order valence-electron chi connectivity index (χ4n) is 3.07. The number of hydrogen-bond acceptors (Lipinski definition) is 3. The van der Waals surface area contributed by atoms with Gasteiger partial charge in [-0.2, -0.15) is 0 Å². The molecule has 1 aliphatic rings. The van der Waals surface area contributed by atoms with Crippen LogP contribution in [0.3, 0.4) is 0 Å². The molecular formula is C18H27NO3S. The van der Waals surface area contributed by atoms with E-state index in [4.69, 9.17) is 4.74 Å². The molecule has 4 nitrogen and oxygen atoms in total. The Morgan fingerprint density at radius 2 is 2.04 bits per heavy atom. The second-order valence-corrected chi connectivity index (χ2v) is 7.66. The van der Waals surface area contributed by atoms with Gasteiger partial charge in [-0.1, -0.05) is 38.0 Å². The SMILES string of the molecule is CCOc1ccccc1C[S@](=O)CC(=O)N[C@H]1CCCC[C@H]1C. The van der Waals surface area contributed by atoms with Gasteiger partial charge in [-0.3, -0.25) is 9.00 Å². The van der Waals surface area contributed by atoms with Crippen molar-refractivity contribution in [2.45, 2.75) is 51.3 Å². The Hall–Kier alpha value is -1.36. The molecule has 1 saturated carbocycles. The van der Waals surface area contributed by atoms with Gasteiger partial charge in [0.2, 0.25) is 5.91 Å². The average molecular weight is 337 g/mol. The standard InChI is InChI=1S/C18H27NO3S/c1-3-22-17-11-7-5-9-15(17)12-23(21)13-18(20)19-16-10-6-4-8-14(16)2/h5,7,9,11,14,16H,3-4,6,8,10,12-13H2,1-2H3,(H,19,20)/t14-,16+,23+/m1/s1. The zero-order valence-corrected chi connectivity index (χ0v) is 14.9. The van der Waals surface area contributed by atoms with Crippen molar-refractivity contribution in [3.8, 4) is 5.75 Å². The molecule has 0 aromatic heterocycles. The summed E-state index contributed by atoms with van der Waals surface area (Å²) < 4.78 is 17.8. The third-order valence-corrected chi connectivity index (χ3v) is 5.56. The minimum atomic E-state index is -1.22.